The van der Waals surface area contributed by atoms with Gasteiger partial charge >= 0.3 is 0 Å². The van der Waals surface area contributed by atoms with E-state index in [0.29, 0.717) is 0 Å². The first kappa shape index (κ1) is 12.0. The Hall–Kier alpha value is -1.06. The van der Waals surface area contributed by atoms with Crippen molar-refractivity contribution in [2.45, 2.75) is 32.7 Å². The lowest BCUT2D eigenvalue weighted by atomic mass is 9.96. The minimum Gasteiger partial charge on any atom is -0.398 e. The van der Waals surface area contributed by atoms with Gasteiger partial charge in [0.05, 0.1) is 12.6 Å². The number of rotatable bonds is 4. The summed E-state index contributed by atoms with van der Waals surface area (Å²) >= 11 is 0. The van der Waals surface area contributed by atoms with Gasteiger partial charge in [0.2, 0.25) is 0 Å². The van der Waals surface area contributed by atoms with Gasteiger partial charge in [-0.2, -0.15) is 0 Å². The summed E-state index contributed by atoms with van der Waals surface area (Å²) in [7, 11) is 0. The van der Waals surface area contributed by atoms with Gasteiger partial charge in [-0.1, -0.05) is 26.0 Å². The number of aliphatic hydroxyl groups is 1. The molecule has 0 saturated carbocycles. The molecule has 15 heavy (non-hydrogen) atoms. The van der Waals surface area contributed by atoms with Crippen LogP contribution in [0.3, 0.4) is 0 Å². The summed E-state index contributed by atoms with van der Waals surface area (Å²) in [6.07, 6.45) is 1.79. The van der Waals surface area contributed by atoms with Crippen LogP contribution in [0.2, 0.25) is 0 Å². The molecule has 1 rings (SSSR count). The van der Waals surface area contributed by atoms with Gasteiger partial charge in [0, 0.05) is 5.69 Å². The van der Waals surface area contributed by atoms with Gasteiger partial charge in [-0.25, -0.2) is 0 Å². The number of nitrogen functional groups attached to an aromatic ring is 1. The number of benzene rings is 1. The maximum Gasteiger partial charge on any atom is 0.0624 e. The Balaban J connectivity index is 3.20. The fraction of sp³-hybridized carbons (Fsp3) is 0.500. The molecule has 3 nitrogen and oxygen atoms in total. The highest BCUT2D eigenvalue weighted by Gasteiger charge is 2.10. The zero-order valence-electron chi connectivity index (χ0n) is 9.46. The highest BCUT2D eigenvalue weighted by Crippen LogP contribution is 2.24. The van der Waals surface area contributed by atoms with Crippen molar-refractivity contribution in [1.29, 1.82) is 0 Å². The molecule has 1 atom stereocenters. The Morgan fingerprint density at radius 2 is 1.67 bits per heavy atom. The second-order valence-corrected chi connectivity index (χ2v) is 3.75. The number of nitrogens with two attached hydrogens (primary N) is 2. The van der Waals surface area contributed by atoms with Crippen LogP contribution in [0.5, 0.6) is 0 Å². The lowest BCUT2D eigenvalue weighted by Gasteiger charge is -2.15. The second-order valence-electron chi connectivity index (χ2n) is 3.75. The zero-order valence-corrected chi connectivity index (χ0v) is 9.46. The minimum atomic E-state index is -0.304. The zero-order chi connectivity index (χ0) is 11.4. The average molecular weight is 208 g/mol. The van der Waals surface area contributed by atoms with E-state index in [1.807, 2.05) is 12.1 Å². The van der Waals surface area contributed by atoms with E-state index >= 15 is 0 Å². The molecule has 0 aliphatic carbocycles. The van der Waals surface area contributed by atoms with Crippen molar-refractivity contribution in [1.82, 2.24) is 0 Å². The molecule has 0 amide bonds. The predicted octanol–water partition coefficient (Wildman–Crippen LogP) is 1.39. The Morgan fingerprint density at radius 1 is 1.20 bits per heavy atom. The predicted molar refractivity (Wildman–Crippen MR) is 63.6 cm³/mol. The summed E-state index contributed by atoms with van der Waals surface area (Å²) in [5, 5.41) is 9.03. The van der Waals surface area contributed by atoms with Gasteiger partial charge in [0.25, 0.3) is 0 Å². The van der Waals surface area contributed by atoms with E-state index in [-0.39, 0.29) is 12.6 Å². The first-order valence-corrected chi connectivity index (χ1v) is 5.41. The first-order chi connectivity index (χ1) is 7.13. The molecular weight excluding hydrogens is 188 g/mol. The molecule has 0 aliphatic heterocycles. The van der Waals surface area contributed by atoms with E-state index in [4.69, 9.17) is 16.6 Å². The third-order valence-electron chi connectivity index (χ3n) is 2.76. The van der Waals surface area contributed by atoms with Gasteiger partial charge in [-0.05, 0) is 29.5 Å². The lowest BCUT2D eigenvalue weighted by Crippen LogP contribution is -2.15. The van der Waals surface area contributed by atoms with Crippen LogP contribution in [0.4, 0.5) is 5.69 Å². The first-order valence-electron chi connectivity index (χ1n) is 5.41. The van der Waals surface area contributed by atoms with E-state index < -0.39 is 0 Å². The molecule has 0 fully saturated rings. The molecule has 0 bridgehead atoms. The molecule has 84 valence electrons. The van der Waals surface area contributed by atoms with Crippen molar-refractivity contribution in [3.63, 3.8) is 0 Å². The van der Waals surface area contributed by atoms with Crippen LogP contribution >= 0.6 is 0 Å². The number of hydrogen-bond donors (Lipinski definition) is 3. The molecule has 0 saturated heterocycles. The summed E-state index contributed by atoms with van der Waals surface area (Å²) < 4.78 is 0. The van der Waals surface area contributed by atoms with E-state index in [2.05, 4.69) is 13.8 Å². The van der Waals surface area contributed by atoms with Gasteiger partial charge in [0.1, 0.15) is 0 Å². The molecule has 0 unspecified atom stereocenters. The van der Waals surface area contributed by atoms with Gasteiger partial charge in [-0.15, -0.1) is 0 Å². The van der Waals surface area contributed by atoms with Gasteiger partial charge < -0.3 is 16.6 Å². The average Bonchev–Trinajstić information content (AvgIpc) is 2.28. The third-order valence-corrected chi connectivity index (χ3v) is 2.76. The largest absolute Gasteiger partial charge is 0.398 e. The number of anilines is 1. The maximum absolute atomic E-state index is 9.03. The van der Waals surface area contributed by atoms with Crippen LogP contribution in [0.25, 0.3) is 0 Å². The Labute approximate surface area is 91.1 Å². The standard InChI is InChI=1S/C12H20N2O/c1-3-8-5-10(11(13)7-15)6-9(4-2)12(8)14/h5-6,11,15H,3-4,7,13-14H2,1-2H3/t11-/m1/s1. The van der Waals surface area contributed by atoms with Crippen molar-refractivity contribution in [3.05, 3.63) is 28.8 Å². The van der Waals surface area contributed by atoms with Crippen LogP contribution in [0.15, 0.2) is 12.1 Å². The molecule has 3 heteroatoms. The normalized spacial score (nSPS) is 12.8. The molecule has 0 radical (unpaired) electrons. The maximum atomic E-state index is 9.03. The van der Waals surface area contributed by atoms with Crippen LogP contribution in [-0.2, 0) is 12.8 Å². The third kappa shape index (κ3) is 2.49. The van der Waals surface area contributed by atoms with Gasteiger partial charge in [-0.3, -0.25) is 0 Å². The van der Waals surface area contributed by atoms with Crippen molar-refractivity contribution in [2.75, 3.05) is 12.3 Å². The Morgan fingerprint density at radius 3 is 2.00 bits per heavy atom. The van der Waals surface area contributed by atoms with E-state index in [1.54, 1.807) is 0 Å². The molecule has 0 aliphatic rings. The highest BCUT2D eigenvalue weighted by molar-refractivity contribution is 5.56. The van der Waals surface area contributed by atoms with Crippen molar-refractivity contribution in [2.24, 2.45) is 5.73 Å². The SMILES string of the molecule is CCc1cc([C@H](N)CO)cc(CC)c1N. The molecule has 0 spiro atoms. The number of aliphatic hydroxyl groups excluding tert-OH is 1. The van der Waals surface area contributed by atoms with Crippen LogP contribution < -0.4 is 11.5 Å². The monoisotopic (exact) mass is 208 g/mol. The fourth-order valence-corrected chi connectivity index (χ4v) is 1.71. The summed E-state index contributed by atoms with van der Waals surface area (Å²) in [6.45, 7) is 4.11. The second kappa shape index (κ2) is 5.14. The van der Waals surface area contributed by atoms with E-state index in [1.165, 1.54) is 0 Å². The summed E-state index contributed by atoms with van der Waals surface area (Å²) in [5.41, 5.74) is 15.9. The molecule has 1 aromatic carbocycles. The topological polar surface area (TPSA) is 72.3 Å². The van der Waals surface area contributed by atoms with E-state index in [0.717, 1.165) is 35.2 Å². The molecule has 5 N–H and O–H groups in total. The van der Waals surface area contributed by atoms with Crippen molar-refractivity contribution >= 4 is 5.69 Å². The quantitative estimate of drug-likeness (QED) is 0.655. The Bertz CT molecular complexity index is 311. The summed E-state index contributed by atoms with van der Waals surface area (Å²) in [4.78, 5) is 0. The van der Waals surface area contributed by atoms with Crippen LogP contribution in [0.1, 0.15) is 36.6 Å². The molecule has 1 aromatic rings. The Kier molecular flexibility index (Phi) is 4.12. The van der Waals surface area contributed by atoms with Crippen molar-refractivity contribution in [3.8, 4) is 0 Å². The van der Waals surface area contributed by atoms with Gasteiger partial charge in [0.15, 0.2) is 0 Å². The fourth-order valence-electron chi connectivity index (χ4n) is 1.71. The number of aryl methyl sites for hydroxylation is 2. The van der Waals surface area contributed by atoms with E-state index in [9.17, 15) is 0 Å². The van der Waals surface area contributed by atoms with Crippen LogP contribution in [-0.4, -0.2) is 11.7 Å². The lowest BCUT2D eigenvalue weighted by molar-refractivity contribution is 0.268. The number of hydrogen-bond acceptors (Lipinski definition) is 3. The summed E-state index contributed by atoms with van der Waals surface area (Å²) in [5.74, 6) is 0. The minimum absolute atomic E-state index is 0.0315. The smallest absolute Gasteiger partial charge is 0.0624 e. The highest BCUT2D eigenvalue weighted by atomic mass is 16.3. The van der Waals surface area contributed by atoms with Crippen LogP contribution in [0, 0.1) is 0 Å². The van der Waals surface area contributed by atoms with Crippen molar-refractivity contribution < 1.29 is 5.11 Å². The molecular formula is C12H20N2O. The molecule has 0 heterocycles. The summed E-state index contributed by atoms with van der Waals surface area (Å²) in [6, 6.07) is 3.69. The molecule has 0 aromatic heterocycles.